The summed E-state index contributed by atoms with van der Waals surface area (Å²) in [6.07, 6.45) is 3.07. The second-order valence-electron chi connectivity index (χ2n) is 4.95. The number of hydrogen-bond donors (Lipinski definition) is 2. The maximum atomic E-state index is 12.3. The molecule has 8 heteroatoms. The zero-order valence-electron chi connectivity index (χ0n) is 11.8. The molecule has 1 aliphatic rings. The zero-order chi connectivity index (χ0) is 15.5. The Labute approximate surface area is 124 Å². The van der Waals surface area contributed by atoms with E-state index >= 15 is 0 Å². The largest absolute Gasteiger partial charge is 0.504 e. The summed E-state index contributed by atoms with van der Waals surface area (Å²) in [5.41, 5.74) is 0. The number of aromatic hydroxyl groups is 1. The lowest BCUT2D eigenvalue weighted by Crippen LogP contribution is -2.44. The zero-order valence-corrected chi connectivity index (χ0v) is 12.6. The number of hydrogen-bond acceptors (Lipinski definition) is 5. The summed E-state index contributed by atoms with van der Waals surface area (Å²) in [5, 5.41) is 12.1. The molecule has 0 radical (unpaired) electrons. The number of anilines is 1. The Bertz CT molecular complexity index is 618. The molecular weight excluding hydrogens is 294 g/mol. The van der Waals surface area contributed by atoms with E-state index < -0.39 is 22.0 Å². The van der Waals surface area contributed by atoms with E-state index in [1.54, 1.807) is 13.0 Å². The number of sulfonamides is 1. The topological polar surface area (TPSA) is 99.6 Å². The number of pyridine rings is 1. The molecular formula is C13H19N3O4S. The Kier molecular flexibility index (Phi) is 4.79. The third-order valence-electron chi connectivity index (χ3n) is 3.35. The van der Waals surface area contributed by atoms with Gasteiger partial charge in [-0.2, -0.15) is 4.31 Å². The van der Waals surface area contributed by atoms with Crippen LogP contribution in [-0.4, -0.2) is 47.1 Å². The lowest BCUT2D eigenvalue weighted by atomic mass is 10.2. The van der Waals surface area contributed by atoms with Crippen LogP contribution in [0.15, 0.2) is 18.3 Å². The van der Waals surface area contributed by atoms with Crippen molar-refractivity contribution in [2.24, 2.45) is 0 Å². The highest BCUT2D eigenvalue weighted by Crippen LogP contribution is 2.25. The third kappa shape index (κ3) is 3.51. The van der Waals surface area contributed by atoms with Crippen molar-refractivity contribution in [3.8, 4) is 5.75 Å². The van der Waals surface area contributed by atoms with Crippen molar-refractivity contribution >= 4 is 21.7 Å². The highest BCUT2D eigenvalue weighted by molar-refractivity contribution is 7.89. The van der Waals surface area contributed by atoms with Crippen LogP contribution in [0.5, 0.6) is 5.75 Å². The standard InChI is InChI=1S/C13H19N3O4S/c1-2-9-21(19,20)16-8-4-5-10(16)13(18)15-12-11(17)6-3-7-14-12/h3,6-7,10,17H,2,4-5,8-9H2,1H3,(H,14,15,18)/t10-/m0/s1. The van der Waals surface area contributed by atoms with Crippen molar-refractivity contribution in [1.82, 2.24) is 9.29 Å². The second-order valence-corrected chi connectivity index (χ2v) is 6.99. The highest BCUT2D eigenvalue weighted by Gasteiger charge is 2.38. The second kappa shape index (κ2) is 6.40. The van der Waals surface area contributed by atoms with E-state index in [1.807, 2.05) is 0 Å². The maximum absolute atomic E-state index is 12.3. The molecule has 2 N–H and O–H groups in total. The van der Waals surface area contributed by atoms with E-state index in [2.05, 4.69) is 10.3 Å². The number of amides is 1. The van der Waals surface area contributed by atoms with Crippen LogP contribution in [0.3, 0.4) is 0 Å². The molecule has 0 aliphatic carbocycles. The van der Waals surface area contributed by atoms with Crippen molar-refractivity contribution in [2.45, 2.75) is 32.2 Å². The van der Waals surface area contributed by atoms with Crippen molar-refractivity contribution in [1.29, 1.82) is 0 Å². The average Bonchev–Trinajstić information content (AvgIpc) is 2.91. The first-order chi connectivity index (χ1) is 9.95. The smallest absolute Gasteiger partial charge is 0.244 e. The minimum Gasteiger partial charge on any atom is -0.504 e. The van der Waals surface area contributed by atoms with Crippen LogP contribution in [0.4, 0.5) is 5.82 Å². The molecule has 0 saturated carbocycles. The summed E-state index contributed by atoms with van der Waals surface area (Å²) >= 11 is 0. The van der Waals surface area contributed by atoms with Crippen LogP contribution in [0.1, 0.15) is 26.2 Å². The van der Waals surface area contributed by atoms with Gasteiger partial charge in [-0.3, -0.25) is 4.79 Å². The van der Waals surface area contributed by atoms with E-state index in [4.69, 9.17) is 0 Å². The molecule has 1 aromatic heterocycles. The minimum absolute atomic E-state index is 0.0334. The van der Waals surface area contributed by atoms with Crippen LogP contribution in [0.2, 0.25) is 0 Å². The van der Waals surface area contributed by atoms with Crippen LogP contribution in [0, 0.1) is 0 Å². The molecule has 1 aromatic rings. The van der Waals surface area contributed by atoms with Crippen molar-refractivity contribution in [3.63, 3.8) is 0 Å². The lowest BCUT2D eigenvalue weighted by Gasteiger charge is -2.23. The SMILES string of the molecule is CCCS(=O)(=O)N1CCC[C@H]1C(=O)Nc1ncccc1O. The fraction of sp³-hybridized carbons (Fsp3) is 0.538. The first-order valence-electron chi connectivity index (χ1n) is 6.90. The number of rotatable bonds is 5. The van der Waals surface area contributed by atoms with Gasteiger partial charge in [0.15, 0.2) is 11.6 Å². The molecule has 7 nitrogen and oxygen atoms in total. The molecule has 1 aliphatic heterocycles. The Morgan fingerprint density at radius 2 is 2.33 bits per heavy atom. The van der Waals surface area contributed by atoms with Gasteiger partial charge in [0.2, 0.25) is 15.9 Å². The Morgan fingerprint density at radius 1 is 1.57 bits per heavy atom. The van der Waals surface area contributed by atoms with E-state index in [1.165, 1.54) is 16.6 Å². The molecule has 1 amide bonds. The van der Waals surface area contributed by atoms with Gasteiger partial charge < -0.3 is 10.4 Å². The summed E-state index contributed by atoms with van der Waals surface area (Å²) in [7, 11) is -3.42. The average molecular weight is 313 g/mol. The van der Waals surface area contributed by atoms with Crippen LogP contribution < -0.4 is 5.32 Å². The Morgan fingerprint density at radius 3 is 3.00 bits per heavy atom. The third-order valence-corrected chi connectivity index (χ3v) is 5.43. The predicted molar refractivity (Wildman–Crippen MR) is 78.3 cm³/mol. The summed E-state index contributed by atoms with van der Waals surface area (Å²) in [6, 6.07) is 2.21. The van der Waals surface area contributed by atoms with E-state index in [0.29, 0.717) is 25.8 Å². The monoisotopic (exact) mass is 313 g/mol. The van der Waals surface area contributed by atoms with Gasteiger partial charge in [-0.1, -0.05) is 6.92 Å². The van der Waals surface area contributed by atoms with Gasteiger partial charge in [0.05, 0.1) is 5.75 Å². The van der Waals surface area contributed by atoms with Gasteiger partial charge in [-0.15, -0.1) is 0 Å². The fourth-order valence-electron chi connectivity index (χ4n) is 2.40. The molecule has 0 bridgehead atoms. The molecule has 116 valence electrons. The van der Waals surface area contributed by atoms with Crippen LogP contribution in [-0.2, 0) is 14.8 Å². The summed E-state index contributed by atoms with van der Waals surface area (Å²) < 4.78 is 25.6. The van der Waals surface area contributed by atoms with Gasteiger partial charge in [-0.05, 0) is 31.4 Å². The first-order valence-corrected chi connectivity index (χ1v) is 8.51. The van der Waals surface area contributed by atoms with E-state index in [9.17, 15) is 18.3 Å². The normalized spacial score (nSPS) is 19.6. The number of nitrogens with one attached hydrogen (secondary N) is 1. The number of carbonyl (C=O) groups excluding carboxylic acids is 1. The summed E-state index contributed by atoms with van der Waals surface area (Å²) in [4.78, 5) is 16.1. The number of aromatic nitrogens is 1. The molecule has 21 heavy (non-hydrogen) atoms. The van der Waals surface area contributed by atoms with Gasteiger partial charge in [0, 0.05) is 12.7 Å². The van der Waals surface area contributed by atoms with E-state index in [-0.39, 0.29) is 17.3 Å². The predicted octanol–water partition coefficient (Wildman–Crippen LogP) is 0.930. The molecule has 2 rings (SSSR count). The lowest BCUT2D eigenvalue weighted by molar-refractivity contribution is -0.119. The molecule has 0 unspecified atom stereocenters. The van der Waals surface area contributed by atoms with Gasteiger partial charge in [0.1, 0.15) is 6.04 Å². The Balaban J connectivity index is 2.13. The molecule has 1 saturated heterocycles. The number of carbonyl (C=O) groups is 1. The van der Waals surface area contributed by atoms with Gasteiger partial charge in [0.25, 0.3) is 0 Å². The summed E-state index contributed by atoms with van der Waals surface area (Å²) in [5.74, 6) is -0.527. The first kappa shape index (κ1) is 15.7. The molecule has 1 atom stereocenters. The summed E-state index contributed by atoms with van der Waals surface area (Å²) in [6.45, 7) is 2.14. The quantitative estimate of drug-likeness (QED) is 0.842. The molecule has 0 aromatic carbocycles. The molecule has 2 heterocycles. The number of nitrogens with zero attached hydrogens (tertiary/aromatic N) is 2. The maximum Gasteiger partial charge on any atom is 0.244 e. The van der Waals surface area contributed by atoms with E-state index in [0.717, 1.165) is 0 Å². The van der Waals surface area contributed by atoms with Gasteiger partial charge in [-0.25, -0.2) is 13.4 Å². The molecule has 0 spiro atoms. The van der Waals surface area contributed by atoms with Crippen molar-refractivity contribution in [2.75, 3.05) is 17.6 Å². The fourth-order valence-corrected chi connectivity index (χ4v) is 4.15. The van der Waals surface area contributed by atoms with Crippen molar-refractivity contribution < 1.29 is 18.3 Å². The van der Waals surface area contributed by atoms with Gasteiger partial charge >= 0.3 is 0 Å². The molecule has 1 fully saturated rings. The van der Waals surface area contributed by atoms with Crippen LogP contribution >= 0.6 is 0 Å². The van der Waals surface area contributed by atoms with Crippen LogP contribution in [0.25, 0.3) is 0 Å². The minimum atomic E-state index is -3.42. The van der Waals surface area contributed by atoms with Crippen molar-refractivity contribution in [3.05, 3.63) is 18.3 Å². The Hall–Kier alpha value is -1.67. The highest BCUT2D eigenvalue weighted by atomic mass is 32.2.